The summed E-state index contributed by atoms with van der Waals surface area (Å²) in [4.78, 5) is 17.5. The summed E-state index contributed by atoms with van der Waals surface area (Å²) in [5, 5.41) is 16.7. The number of oxime groups is 1. The van der Waals surface area contributed by atoms with E-state index in [2.05, 4.69) is 36.5 Å². The van der Waals surface area contributed by atoms with Gasteiger partial charge in [-0.25, -0.2) is 0 Å². The summed E-state index contributed by atoms with van der Waals surface area (Å²) < 4.78 is 0. The quantitative estimate of drug-likeness (QED) is 0.881. The van der Waals surface area contributed by atoms with Gasteiger partial charge < -0.3 is 15.3 Å². The number of amides is 1. The van der Waals surface area contributed by atoms with Crippen molar-refractivity contribution in [3.05, 3.63) is 64.7 Å². The van der Waals surface area contributed by atoms with Gasteiger partial charge in [0.05, 0.1) is 18.7 Å². The third-order valence-corrected chi connectivity index (χ3v) is 4.44. The van der Waals surface area contributed by atoms with Crippen LogP contribution in [0.5, 0.6) is 5.75 Å². The Bertz CT molecular complexity index is 814. The molecule has 0 spiro atoms. The molecule has 0 bridgehead atoms. The zero-order valence-corrected chi connectivity index (χ0v) is 14.5. The molecule has 1 atom stereocenters. The lowest BCUT2D eigenvalue weighted by Crippen LogP contribution is -2.33. The number of nitrogens with one attached hydrogen (secondary N) is 1. The zero-order valence-electron chi connectivity index (χ0n) is 14.5. The van der Waals surface area contributed by atoms with Crippen molar-refractivity contribution in [1.82, 2.24) is 5.32 Å². The third kappa shape index (κ3) is 4.18. The lowest BCUT2D eigenvalue weighted by Gasteiger charge is -2.10. The molecule has 0 saturated heterocycles. The Hall–Kier alpha value is -2.82. The van der Waals surface area contributed by atoms with Crippen LogP contribution in [-0.4, -0.2) is 29.4 Å². The maximum Gasteiger partial charge on any atom is 0.224 e. The topological polar surface area (TPSA) is 70.9 Å². The maximum absolute atomic E-state index is 12.0. The van der Waals surface area contributed by atoms with Gasteiger partial charge in [-0.3, -0.25) is 4.79 Å². The number of rotatable bonds is 5. The van der Waals surface area contributed by atoms with Crippen molar-refractivity contribution in [2.75, 3.05) is 6.54 Å². The molecule has 0 fully saturated rings. The van der Waals surface area contributed by atoms with E-state index >= 15 is 0 Å². The molecule has 2 aromatic carbocycles. The predicted molar refractivity (Wildman–Crippen MR) is 96.8 cm³/mol. The second kappa shape index (κ2) is 7.38. The van der Waals surface area contributed by atoms with Gasteiger partial charge in [-0.05, 0) is 42.7 Å². The van der Waals surface area contributed by atoms with Gasteiger partial charge >= 0.3 is 0 Å². The normalized spacial score (nSPS) is 16.2. The van der Waals surface area contributed by atoms with Gasteiger partial charge in [0.1, 0.15) is 11.9 Å². The van der Waals surface area contributed by atoms with E-state index in [0.717, 1.165) is 11.3 Å². The van der Waals surface area contributed by atoms with E-state index in [9.17, 15) is 9.90 Å². The summed E-state index contributed by atoms with van der Waals surface area (Å²) in [6.07, 6.45) is 0.647. The van der Waals surface area contributed by atoms with E-state index in [0.29, 0.717) is 18.5 Å². The summed E-state index contributed by atoms with van der Waals surface area (Å²) in [6, 6.07) is 13.1. The second-order valence-electron chi connectivity index (χ2n) is 6.38. The molecule has 1 aliphatic rings. The highest BCUT2D eigenvalue weighted by atomic mass is 16.6. The summed E-state index contributed by atoms with van der Waals surface area (Å²) in [5.74, 6) is -0.0140. The first-order valence-electron chi connectivity index (χ1n) is 8.37. The van der Waals surface area contributed by atoms with Gasteiger partial charge in [0, 0.05) is 12.0 Å². The first-order valence-corrected chi connectivity index (χ1v) is 8.37. The number of aryl methyl sites for hydroxylation is 2. The monoisotopic (exact) mass is 338 g/mol. The van der Waals surface area contributed by atoms with Crippen molar-refractivity contribution in [1.29, 1.82) is 0 Å². The average molecular weight is 338 g/mol. The number of hydrogen-bond donors (Lipinski definition) is 2. The molecule has 1 amide bonds. The fraction of sp³-hybridized carbons (Fsp3) is 0.300. The molecule has 0 aliphatic carbocycles. The molecular formula is C20H22N2O3. The van der Waals surface area contributed by atoms with Gasteiger partial charge in [0.25, 0.3) is 0 Å². The lowest BCUT2D eigenvalue weighted by atomic mass is 10.0. The number of para-hydroxylation sites is 1. The standard InChI is InChI=1S/C20H22N2O3/c1-13-7-8-15(9-14(13)2)18-11-17(25-22-18)12-21-20(24)10-16-5-3-4-6-19(16)23/h3-9,17,23H,10-12H2,1-2H3,(H,21,24)/t17-/m1/s1. The van der Waals surface area contributed by atoms with Crippen LogP contribution in [0.1, 0.15) is 28.7 Å². The number of carbonyl (C=O) groups excluding carboxylic acids is 1. The molecule has 2 aromatic rings. The van der Waals surface area contributed by atoms with E-state index < -0.39 is 0 Å². The minimum Gasteiger partial charge on any atom is -0.508 e. The fourth-order valence-corrected chi connectivity index (χ4v) is 2.75. The maximum atomic E-state index is 12.0. The molecule has 130 valence electrons. The third-order valence-electron chi connectivity index (χ3n) is 4.44. The number of phenolic OH excluding ortho intramolecular Hbond substituents is 1. The summed E-state index contributed by atoms with van der Waals surface area (Å²) in [6.45, 7) is 4.55. The van der Waals surface area contributed by atoms with E-state index in [1.807, 2.05) is 6.07 Å². The highest BCUT2D eigenvalue weighted by molar-refractivity contribution is 6.01. The van der Waals surface area contributed by atoms with Gasteiger partial charge in [-0.15, -0.1) is 0 Å². The molecule has 5 heteroatoms. The number of benzene rings is 2. The Balaban J connectivity index is 1.50. The second-order valence-corrected chi connectivity index (χ2v) is 6.38. The number of carbonyl (C=O) groups is 1. The predicted octanol–water partition coefficient (Wildman–Crippen LogP) is 2.86. The van der Waals surface area contributed by atoms with Gasteiger partial charge in [0.2, 0.25) is 5.91 Å². The van der Waals surface area contributed by atoms with Crippen LogP contribution in [0.4, 0.5) is 0 Å². The molecule has 5 nitrogen and oxygen atoms in total. The van der Waals surface area contributed by atoms with Gasteiger partial charge in [-0.1, -0.05) is 35.5 Å². The Morgan fingerprint density at radius 3 is 2.80 bits per heavy atom. The Kier molecular flexibility index (Phi) is 5.03. The van der Waals surface area contributed by atoms with Crippen molar-refractivity contribution in [3.63, 3.8) is 0 Å². The number of nitrogens with zero attached hydrogens (tertiary/aromatic N) is 1. The van der Waals surface area contributed by atoms with Crippen molar-refractivity contribution in [2.45, 2.75) is 32.8 Å². The van der Waals surface area contributed by atoms with E-state index in [-0.39, 0.29) is 24.2 Å². The number of aromatic hydroxyl groups is 1. The van der Waals surface area contributed by atoms with Crippen LogP contribution in [0.15, 0.2) is 47.6 Å². The van der Waals surface area contributed by atoms with Crippen LogP contribution in [0.2, 0.25) is 0 Å². The molecule has 2 N–H and O–H groups in total. The molecule has 0 radical (unpaired) electrons. The molecule has 3 rings (SSSR count). The zero-order chi connectivity index (χ0) is 17.8. The van der Waals surface area contributed by atoms with Crippen molar-refractivity contribution in [2.24, 2.45) is 5.16 Å². The highest BCUT2D eigenvalue weighted by Crippen LogP contribution is 2.19. The van der Waals surface area contributed by atoms with Gasteiger partial charge in [-0.2, -0.15) is 0 Å². The van der Waals surface area contributed by atoms with E-state index in [1.165, 1.54) is 11.1 Å². The number of hydrogen-bond acceptors (Lipinski definition) is 4. The van der Waals surface area contributed by atoms with Gasteiger partial charge in [0.15, 0.2) is 0 Å². The SMILES string of the molecule is Cc1ccc(C2=NO[C@@H](CNC(=O)Cc3ccccc3O)C2)cc1C. The van der Waals surface area contributed by atoms with Crippen LogP contribution >= 0.6 is 0 Å². The molecule has 1 aliphatic heterocycles. The van der Waals surface area contributed by atoms with Crippen molar-refractivity contribution < 1.29 is 14.7 Å². The minimum absolute atomic E-state index is 0.134. The van der Waals surface area contributed by atoms with Crippen LogP contribution in [0.3, 0.4) is 0 Å². The highest BCUT2D eigenvalue weighted by Gasteiger charge is 2.23. The molecule has 0 aromatic heterocycles. The first-order chi connectivity index (χ1) is 12.0. The molecule has 0 unspecified atom stereocenters. The van der Waals surface area contributed by atoms with E-state index in [4.69, 9.17) is 4.84 Å². The van der Waals surface area contributed by atoms with Crippen LogP contribution < -0.4 is 5.32 Å². The molecule has 1 heterocycles. The van der Waals surface area contributed by atoms with Crippen molar-refractivity contribution >= 4 is 11.6 Å². The first kappa shape index (κ1) is 17.0. The Morgan fingerprint density at radius 2 is 2.04 bits per heavy atom. The Labute approximate surface area is 147 Å². The smallest absolute Gasteiger partial charge is 0.224 e. The number of phenols is 1. The van der Waals surface area contributed by atoms with Crippen LogP contribution in [-0.2, 0) is 16.1 Å². The van der Waals surface area contributed by atoms with E-state index in [1.54, 1.807) is 24.3 Å². The van der Waals surface area contributed by atoms with Crippen LogP contribution in [0, 0.1) is 13.8 Å². The summed E-state index contributed by atoms with van der Waals surface area (Å²) >= 11 is 0. The molecule has 25 heavy (non-hydrogen) atoms. The van der Waals surface area contributed by atoms with Crippen molar-refractivity contribution in [3.8, 4) is 5.75 Å². The summed E-state index contributed by atoms with van der Waals surface area (Å²) in [7, 11) is 0. The lowest BCUT2D eigenvalue weighted by molar-refractivity contribution is -0.121. The summed E-state index contributed by atoms with van der Waals surface area (Å²) in [5.41, 5.74) is 5.05. The minimum atomic E-state index is -0.162. The Morgan fingerprint density at radius 1 is 1.24 bits per heavy atom. The largest absolute Gasteiger partial charge is 0.508 e. The fourth-order valence-electron chi connectivity index (χ4n) is 2.75. The molecule has 0 saturated carbocycles. The average Bonchev–Trinajstić information content (AvgIpc) is 3.07. The van der Waals surface area contributed by atoms with Crippen LogP contribution in [0.25, 0.3) is 0 Å². The molecular weight excluding hydrogens is 316 g/mol.